The van der Waals surface area contributed by atoms with Gasteiger partial charge >= 0.3 is 0 Å². The molecule has 3 N–H and O–H groups in total. The lowest BCUT2D eigenvalue weighted by atomic mass is 10.5. The van der Waals surface area contributed by atoms with Crippen molar-refractivity contribution < 1.29 is 4.79 Å². The number of nitrogens with zero attached hydrogens (tertiary/aromatic N) is 3. The zero-order valence-corrected chi connectivity index (χ0v) is 9.25. The Morgan fingerprint density at radius 2 is 2.47 bits per heavy atom. The van der Waals surface area contributed by atoms with Crippen LogP contribution < -0.4 is 16.0 Å². The van der Waals surface area contributed by atoms with Crippen LogP contribution in [-0.2, 0) is 4.79 Å². The number of likely N-dealkylation sites (N-methyl/N-ethyl adjacent to an activating group) is 1. The van der Waals surface area contributed by atoms with Gasteiger partial charge in [0.2, 0.25) is 17.0 Å². The lowest BCUT2D eigenvalue weighted by Crippen LogP contribution is -2.36. The molecule has 0 aromatic carbocycles. The van der Waals surface area contributed by atoms with E-state index in [0.29, 0.717) is 17.7 Å². The highest BCUT2D eigenvalue weighted by molar-refractivity contribution is 7.09. The summed E-state index contributed by atoms with van der Waals surface area (Å²) in [5, 5.41) is 3.57. The van der Waals surface area contributed by atoms with Gasteiger partial charge in [-0.1, -0.05) is 0 Å². The molecule has 7 heteroatoms. The fraction of sp³-hybridized carbons (Fsp3) is 0.625. The summed E-state index contributed by atoms with van der Waals surface area (Å²) in [5.41, 5.74) is 5.40. The van der Waals surface area contributed by atoms with E-state index in [1.807, 2.05) is 0 Å². The molecule has 0 spiro atoms. The number of carbonyl (C=O) groups excluding carboxylic acids is 1. The number of rotatable bonds is 4. The molecule has 0 unspecified atom stereocenters. The van der Waals surface area contributed by atoms with Gasteiger partial charge in [-0.25, -0.2) is 0 Å². The molecule has 2 rings (SSSR count). The highest BCUT2D eigenvalue weighted by atomic mass is 32.1. The van der Waals surface area contributed by atoms with Crippen LogP contribution in [-0.4, -0.2) is 34.9 Å². The maximum absolute atomic E-state index is 11.5. The number of hydrogen-bond donors (Lipinski definition) is 2. The zero-order valence-electron chi connectivity index (χ0n) is 8.43. The Labute approximate surface area is 91.6 Å². The number of anilines is 2. The first-order chi connectivity index (χ1) is 7.15. The van der Waals surface area contributed by atoms with Crippen molar-refractivity contribution in [2.75, 3.05) is 24.2 Å². The Morgan fingerprint density at radius 3 is 3.00 bits per heavy atom. The summed E-state index contributed by atoms with van der Waals surface area (Å²) >= 11 is 1.19. The van der Waals surface area contributed by atoms with Crippen LogP contribution in [0.15, 0.2) is 0 Å². The van der Waals surface area contributed by atoms with Crippen molar-refractivity contribution >= 4 is 28.5 Å². The van der Waals surface area contributed by atoms with Gasteiger partial charge in [0.1, 0.15) is 0 Å². The zero-order chi connectivity index (χ0) is 10.8. The molecular formula is C8H13N5OS. The Balaban J connectivity index is 1.85. The molecule has 15 heavy (non-hydrogen) atoms. The van der Waals surface area contributed by atoms with E-state index in [1.165, 1.54) is 11.5 Å². The van der Waals surface area contributed by atoms with Gasteiger partial charge in [-0.15, -0.1) is 0 Å². The molecule has 0 atom stereocenters. The number of nitrogens with two attached hydrogens (primary N) is 1. The fourth-order valence-corrected chi connectivity index (χ4v) is 1.72. The molecule has 6 nitrogen and oxygen atoms in total. The highest BCUT2D eigenvalue weighted by Crippen LogP contribution is 2.19. The standard InChI is InChI=1S/C8H13N5OS/c1-13(8-11-7(9)12-15-8)4-6(14)10-5-2-3-5/h5H,2-4H2,1H3,(H2,9,12)(H,10,14). The minimum Gasteiger partial charge on any atom is -0.367 e. The molecule has 1 aliphatic carbocycles. The predicted molar refractivity (Wildman–Crippen MR) is 58.8 cm³/mol. The maximum Gasteiger partial charge on any atom is 0.239 e. The number of carbonyl (C=O) groups is 1. The molecule has 1 aliphatic rings. The number of amides is 1. The van der Waals surface area contributed by atoms with Crippen molar-refractivity contribution in [3.05, 3.63) is 0 Å². The molecule has 0 bridgehead atoms. The first kappa shape index (κ1) is 10.2. The van der Waals surface area contributed by atoms with Crippen molar-refractivity contribution in [3.63, 3.8) is 0 Å². The third-order valence-electron chi connectivity index (χ3n) is 2.08. The minimum absolute atomic E-state index is 0.0220. The molecule has 0 radical (unpaired) electrons. The molecular weight excluding hydrogens is 214 g/mol. The normalized spacial score (nSPS) is 15.0. The molecule has 0 aliphatic heterocycles. The Hall–Kier alpha value is -1.37. The van der Waals surface area contributed by atoms with Gasteiger partial charge in [-0.3, -0.25) is 4.79 Å². The molecule has 1 heterocycles. The van der Waals surface area contributed by atoms with Crippen molar-refractivity contribution in [3.8, 4) is 0 Å². The molecule has 1 aromatic rings. The van der Waals surface area contributed by atoms with Crippen LogP contribution in [0.5, 0.6) is 0 Å². The first-order valence-electron chi connectivity index (χ1n) is 4.75. The van der Waals surface area contributed by atoms with Crippen molar-refractivity contribution in [2.24, 2.45) is 0 Å². The number of aromatic nitrogens is 2. The van der Waals surface area contributed by atoms with Crippen LogP contribution in [0.2, 0.25) is 0 Å². The molecule has 1 saturated carbocycles. The van der Waals surface area contributed by atoms with Gasteiger partial charge < -0.3 is 16.0 Å². The Bertz CT molecular complexity index is 362. The van der Waals surface area contributed by atoms with E-state index in [0.717, 1.165) is 12.8 Å². The molecule has 82 valence electrons. The van der Waals surface area contributed by atoms with Crippen molar-refractivity contribution in [2.45, 2.75) is 18.9 Å². The number of nitrogen functional groups attached to an aromatic ring is 1. The Morgan fingerprint density at radius 1 is 1.73 bits per heavy atom. The molecule has 0 saturated heterocycles. The summed E-state index contributed by atoms with van der Waals surface area (Å²) in [6, 6.07) is 0.394. The van der Waals surface area contributed by atoms with E-state index >= 15 is 0 Å². The van der Waals surface area contributed by atoms with Gasteiger partial charge in [0.05, 0.1) is 6.54 Å². The second-order valence-corrected chi connectivity index (χ2v) is 4.36. The SMILES string of the molecule is CN(CC(=O)NC1CC1)c1nc(N)ns1. The van der Waals surface area contributed by atoms with Crippen LogP contribution >= 0.6 is 11.5 Å². The van der Waals surface area contributed by atoms with E-state index in [9.17, 15) is 4.79 Å². The second kappa shape index (κ2) is 4.01. The van der Waals surface area contributed by atoms with Gasteiger partial charge in [-0.2, -0.15) is 9.36 Å². The summed E-state index contributed by atoms with van der Waals surface area (Å²) in [7, 11) is 1.80. The molecule has 1 fully saturated rings. The largest absolute Gasteiger partial charge is 0.367 e. The van der Waals surface area contributed by atoms with Crippen LogP contribution in [0.1, 0.15) is 12.8 Å². The third kappa shape index (κ3) is 2.79. The van der Waals surface area contributed by atoms with Crippen molar-refractivity contribution in [1.82, 2.24) is 14.7 Å². The van der Waals surface area contributed by atoms with E-state index in [4.69, 9.17) is 5.73 Å². The van der Waals surface area contributed by atoms with Crippen LogP contribution in [0.3, 0.4) is 0 Å². The minimum atomic E-state index is 0.0220. The van der Waals surface area contributed by atoms with Gasteiger partial charge in [0.15, 0.2) is 0 Å². The Kier molecular flexibility index (Phi) is 2.72. The van der Waals surface area contributed by atoms with Crippen molar-refractivity contribution in [1.29, 1.82) is 0 Å². The maximum atomic E-state index is 11.5. The average Bonchev–Trinajstić information content (AvgIpc) is 2.85. The molecule has 1 aromatic heterocycles. The summed E-state index contributed by atoms with van der Waals surface area (Å²) in [4.78, 5) is 17.2. The average molecular weight is 227 g/mol. The molecule has 1 amide bonds. The van der Waals surface area contributed by atoms with E-state index in [-0.39, 0.29) is 11.9 Å². The first-order valence-corrected chi connectivity index (χ1v) is 5.52. The summed E-state index contributed by atoms with van der Waals surface area (Å²) in [6.07, 6.45) is 2.20. The predicted octanol–water partition coefficient (Wildman–Crippen LogP) is -0.165. The number of nitrogens with one attached hydrogen (secondary N) is 1. The smallest absolute Gasteiger partial charge is 0.239 e. The van der Waals surface area contributed by atoms with E-state index in [2.05, 4.69) is 14.7 Å². The van der Waals surface area contributed by atoms with Crippen LogP contribution in [0.4, 0.5) is 11.1 Å². The summed E-state index contributed by atoms with van der Waals surface area (Å²) in [6.45, 7) is 0.297. The van der Waals surface area contributed by atoms with Gasteiger partial charge in [0, 0.05) is 24.6 Å². The quantitative estimate of drug-likeness (QED) is 0.746. The third-order valence-corrected chi connectivity index (χ3v) is 2.93. The van der Waals surface area contributed by atoms with Crippen LogP contribution in [0.25, 0.3) is 0 Å². The fourth-order valence-electron chi connectivity index (χ4n) is 1.17. The van der Waals surface area contributed by atoms with E-state index in [1.54, 1.807) is 11.9 Å². The summed E-state index contributed by atoms with van der Waals surface area (Å²) in [5.74, 6) is 0.276. The monoisotopic (exact) mass is 227 g/mol. The van der Waals surface area contributed by atoms with Gasteiger partial charge in [0.25, 0.3) is 0 Å². The van der Waals surface area contributed by atoms with Gasteiger partial charge in [-0.05, 0) is 12.8 Å². The topological polar surface area (TPSA) is 84.1 Å². The summed E-state index contributed by atoms with van der Waals surface area (Å²) < 4.78 is 3.85. The number of hydrogen-bond acceptors (Lipinski definition) is 6. The van der Waals surface area contributed by atoms with E-state index < -0.39 is 0 Å². The lowest BCUT2D eigenvalue weighted by Gasteiger charge is -2.14. The van der Waals surface area contributed by atoms with Crippen LogP contribution in [0, 0.1) is 0 Å². The second-order valence-electron chi connectivity index (χ2n) is 3.63. The highest BCUT2D eigenvalue weighted by Gasteiger charge is 2.23. The lowest BCUT2D eigenvalue weighted by molar-refractivity contribution is -0.119.